The first kappa shape index (κ1) is 18.0. The quantitative estimate of drug-likeness (QED) is 0.814. The number of aryl methyl sites for hydroxylation is 1. The van der Waals surface area contributed by atoms with Crippen molar-refractivity contribution in [1.82, 2.24) is 9.97 Å². The molecular formula is C22H28N4O. The van der Waals surface area contributed by atoms with Crippen LogP contribution in [-0.4, -0.2) is 28.0 Å². The molecule has 1 aliphatic heterocycles. The number of aromatic nitrogens is 2. The number of carbonyl (C=O) groups excluding carboxylic acids is 1. The van der Waals surface area contributed by atoms with Gasteiger partial charge in [-0.2, -0.15) is 0 Å². The van der Waals surface area contributed by atoms with Crippen LogP contribution in [0.25, 0.3) is 0 Å². The summed E-state index contributed by atoms with van der Waals surface area (Å²) in [5.41, 5.74) is 2.70. The Balaban J connectivity index is 1.58. The molecule has 1 N–H and O–H groups in total. The van der Waals surface area contributed by atoms with Crippen LogP contribution in [-0.2, 0) is 6.42 Å². The Kier molecular flexibility index (Phi) is 5.10. The summed E-state index contributed by atoms with van der Waals surface area (Å²) in [6.45, 7) is 3.95. The molecule has 1 saturated carbocycles. The van der Waals surface area contributed by atoms with E-state index in [1.807, 2.05) is 36.1 Å². The normalized spacial score (nSPS) is 20.2. The van der Waals surface area contributed by atoms with E-state index in [9.17, 15) is 4.79 Å². The Bertz CT molecular complexity index is 827. The van der Waals surface area contributed by atoms with E-state index < -0.39 is 0 Å². The summed E-state index contributed by atoms with van der Waals surface area (Å²) < 4.78 is 0. The number of nitrogens with zero attached hydrogens (tertiary/aromatic N) is 3. The summed E-state index contributed by atoms with van der Waals surface area (Å²) >= 11 is 0. The van der Waals surface area contributed by atoms with Crippen molar-refractivity contribution >= 4 is 17.4 Å². The van der Waals surface area contributed by atoms with Gasteiger partial charge in [0.15, 0.2) is 0 Å². The van der Waals surface area contributed by atoms with Crippen molar-refractivity contribution in [3.63, 3.8) is 0 Å². The Morgan fingerprint density at radius 1 is 1.11 bits per heavy atom. The highest BCUT2D eigenvalue weighted by atomic mass is 16.2. The molecule has 0 bridgehead atoms. The van der Waals surface area contributed by atoms with E-state index in [1.165, 1.54) is 44.1 Å². The molecule has 5 heteroatoms. The van der Waals surface area contributed by atoms with Gasteiger partial charge in [-0.3, -0.25) is 4.79 Å². The summed E-state index contributed by atoms with van der Waals surface area (Å²) in [5, 5.41) is 3.56. The van der Waals surface area contributed by atoms with Gasteiger partial charge in [-0.05, 0) is 44.7 Å². The van der Waals surface area contributed by atoms with Crippen molar-refractivity contribution < 1.29 is 4.79 Å². The first-order valence-electron chi connectivity index (χ1n) is 10.2. The molecular weight excluding hydrogens is 336 g/mol. The highest BCUT2D eigenvalue weighted by molar-refractivity contribution is 6.06. The van der Waals surface area contributed by atoms with Crippen LogP contribution in [0, 0.1) is 6.92 Å². The number of carbonyl (C=O) groups is 1. The molecule has 2 heterocycles. The molecule has 0 radical (unpaired) electrons. The van der Waals surface area contributed by atoms with Gasteiger partial charge in [0.05, 0.1) is 0 Å². The van der Waals surface area contributed by atoms with E-state index >= 15 is 0 Å². The molecule has 4 rings (SSSR count). The molecule has 1 fully saturated rings. The maximum absolute atomic E-state index is 13.3. The Morgan fingerprint density at radius 3 is 2.63 bits per heavy atom. The summed E-state index contributed by atoms with van der Waals surface area (Å²) in [6, 6.07) is 10.6. The van der Waals surface area contributed by atoms with Crippen molar-refractivity contribution in [3.05, 3.63) is 47.4 Å². The number of rotatable bonds is 3. The molecule has 0 spiro atoms. The second-order valence-electron chi connectivity index (χ2n) is 7.88. The number of nitrogens with one attached hydrogen (secondary N) is 1. The molecule has 27 heavy (non-hydrogen) atoms. The van der Waals surface area contributed by atoms with Crippen LogP contribution >= 0.6 is 0 Å². The number of benzene rings is 1. The molecule has 1 atom stereocenters. The molecule has 5 nitrogen and oxygen atoms in total. The lowest BCUT2D eigenvalue weighted by Crippen LogP contribution is -2.36. The number of amides is 1. The summed E-state index contributed by atoms with van der Waals surface area (Å²) in [4.78, 5) is 24.2. The zero-order valence-corrected chi connectivity index (χ0v) is 16.2. The summed E-state index contributed by atoms with van der Waals surface area (Å²) in [7, 11) is 0. The lowest BCUT2D eigenvalue weighted by atomic mass is 10.1. The van der Waals surface area contributed by atoms with Crippen LogP contribution in [0.3, 0.4) is 0 Å². The van der Waals surface area contributed by atoms with E-state index in [1.54, 1.807) is 0 Å². The fourth-order valence-electron chi connectivity index (χ4n) is 4.38. The molecule has 1 aliphatic carbocycles. The van der Waals surface area contributed by atoms with Gasteiger partial charge in [0, 0.05) is 23.8 Å². The number of para-hydroxylation sites is 1. The molecule has 2 aromatic rings. The highest BCUT2D eigenvalue weighted by Gasteiger charge is 2.32. The number of hydrogen-bond acceptors (Lipinski definition) is 4. The molecule has 1 aromatic carbocycles. The topological polar surface area (TPSA) is 58.1 Å². The first-order chi connectivity index (χ1) is 13.1. The van der Waals surface area contributed by atoms with Gasteiger partial charge in [-0.1, -0.05) is 43.9 Å². The summed E-state index contributed by atoms with van der Waals surface area (Å²) in [5.74, 6) is 1.37. The number of fused-ring (bicyclic) bond motifs is 1. The van der Waals surface area contributed by atoms with Gasteiger partial charge in [-0.15, -0.1) is 0 Å². The average molecular weight is 364 g/mol. The van der Waals surface area contributed by atoms with Gasteiger partial charge < -0.3 is 10.2 Å². The van der Waals surface area contributed by atoms with Crippen molar-refractivity contribution in [2.45, 2.75) is 70.9 Å². The predicted molar refractivity (Wildman–Crippen MR) is 108 cm³/mol. The molecule has 1 aromatic heterocycles. The minimum atomic E-state index is -0.0399. The van der Waals surface area contributed by atoms with Crippen LogP contribution in [0.4, 0.5) is 11.5 Å². The Labute approximate surface area is 161 Å². The maximum atomic E-state index is 13.3. The monoisotopic (exact) mass is 364 g/mol. The fourth-order valence-corrected chi connectivity index (χ4v) is 4.38. The van der Waals surface area contributed by atoms with Gasteiger partial charge in [0.25, 0.3) is 5.91 Å². The third-order valence-electron chi connectivity index (χ3n) is 5.69. The average Bonchev–Trinajstić information content (AvgIpc) is 2.80. The third-order valence-corrected chi connectivity index (χ3v) is 5.69. The van der Waals surface area contributed by atoms with Crippen LogP contribution in [0.15, 0.2) is 30.3 Å². The Hall–Kier alpha value is -2.43. The second-order valence-corrected chi connectivity index (χ2v) is 7.88. The smallest absolute Gasteiger partial charge is 0.277 e. The van der Waals surface area contributed by atoms with Crippen molar-refractivity contribution in [3.8, 4) is 0 Å². The van der Waals surface area contributed by atoms with Gasteiger partial charge in [0.1, 0.15) is 17.3 Å². The number of anilines is 2. The standard InChI is InChI=1S/C22H28N4O/c1-15-13-17-9-7-8-12-20(17)26(15)22(27)19-14-21(24-16(2)23-19)25-18-10-5-3-4-6-11-18/h7-9,12,14-15,18H,3-6,10-11,13H2,1-2H3,(H,23,24,25). The lowest BCUT2D eigenvalue weighted by molar-refractivity contribution is 0.0976. The van der Waals surface area contributed by atoms with E-state index in [0.717, 1.165) is 17.9 Å². The van der Waals surface area contributed by atoms with E-state index in [4.69, 9.17) is 0 Å². The highest BCUT2D eigenvalue weighted by Crippen LogP contribution is 2.33. The number of hydrogen-bond donors (Lipinski definition) is 1. The SMILES string of the molecule is Cc1nc(NC2CCCCCC2)cc(C(=O)N2c3ccccc3CC2C)n1. The zero-order chi connectivity index (χ0) is 18.8. The minimum Gasteiger partial charge on any atom is -0.367 e. The summed E-state index contributed by atoms with van der Waals surface area (Å²) in [6.07, 6.45) is 8.38. The lowest BCUT2D eigenvalue weighted by Gasteiger charge is -2.23. The molecule has 142 valence electrons. The van der Waals surface area contributed by atoms with Gasteiger partial charge in [0.2, 0.25) is 0 Å². The van der Waals surface area contributed by atoms with E-state index in [0.29, 0.717) is 17.6 Å². The van der Waals surface area contributed by atoms with Crippen LogP contribution in [0.2, 0.25) is 0 Å². The van der Waals surface area contributed by atoms with Crippen molar-refractivity contribution in [1.29, 1.82) is 0 Å². The molecule has 0 saturated heterocycles. The Morgan fingerprint density at radius 2 is 1.85 bits per heavy atom. The first-order valence-corrected chi connectivity index (χ1v) is 10.2. The van der Waals surface area contributed by atoms with Crippen LogP contribution in [0.1, 0.15) is 67.3 Å². The minimum absolute atomic E-state index is 0.0399. The van der Waals surface area contributed by atoms with Gasteiger partial charge in [-0.25, -0.2) is 9.97 Å². The van der Waals surface area contributed by atoms with Gasteiger partial charge >= 0.3 is 0 Å². The largest absolute Gasteiger partial charge is 0.367 e. The van der Waals surface area contributed by atoms with Crippen molar-refractivity contribution in [2.75, 3.05) is 10.2 Å². The van der Waals surface area contributed by atoms with Crippen LogP contribution < -0.4 is 10.2 Å². The van der Waals surface area contributed by atoms with E-state index in [-0.39, 0.29) is 11.9 Å². The zero-order valence-electron chi connectivity index (χ0n) is 16.2. The molecule has 2 aliphatic rings. The van der Waals surface area contributed by atoms with Crippen LogP contribution in [0.5, 0.6) is 0 Å². The molecule has 1 unspecified atom stereocenters. The van der Waals surface area contributed by atoms with E-state index in [2.05, 4.69) is 28.3 Å². The third kappa shape index (κ3) is 3.82. The predicted octanol–water partition coefficient (Wildman–Crippen LogP) is 4.51. The second kappa shape index (κ2) is 7.67. The maximum Gasteiger partial charge on any atom is 0.277 e. The molecule has 1 amide bonds. The fraction of sp³-hybridized carbons (Fsp3) is 0.500. The van der Waals surface area contributed by atoms with Crippen molar-refractivity contribution in [2.24, 2.45) is 0 Å².